The van der Waals surface area contributed by atoms with Crippen molar-refractivity contribution in [2.45, 2.75) is 38.9 Å². The molecule has 6 atom stereocenters. The van der Waals surface area contributed by atoms with Crippen LogP contribution in [0.4, 0.5) is 0 Å². The molecule has 0 spiro atoms. The molecule has 0 amide bonds. The normalized spacial score (nSPS) is 36.9. The van der Waals surface area contributed by atoms with Gasteiger partial charge in [-0.1, -0.05) is 44.2 Å². The minimum Gasteiger partial charge on any atom is -0.491 e. The van der Waals surface area contributed by atoms with Gasteiger partial charge in [-0.25, -0.2) is 0 Å². The number of carbonyl (C=O) groups excluding carboxylic acids is 1. The van der Waals surface area contributed by atoms with Gasteiger partial charge in [0.2, 0.25) is 0 Å². The van der Waals surface area contributed by atoms with Crippen molar-refractivity contribution in [3.63, 3.8) is 0 Å². The van der Waals surface area contributed by atoms with Gasteiger partial charge < -0.3 is 14.9 Å². The number of hydrogen-bond acceptors (Lipinski definition) is 4. The maximum absolute atomic E-state index is 12.2. The molecule has 2 N–H and O–H groups in total. The van der Waals surface area contributed by atoms with Gasteiger partial charge in [-0.05, 0) is 30.9 Å². The first kappa shape index (κ1) is 17.2. The molecule has 2 aliphatic carbocycles. The van der Waals surface area contributed by atoms with Crippen LogP contribution in [-0.2, 0) is 4.79 Å². The molecule has 2 fully saturated rings. The maximum Gasteiger partial charge on any atom is 0.142 e. The fraction of sp³-hybridized carbons (Fsp3) is 0.550. The minimum absolute atomic E-state index is 0.0164. The van der Waals surface area contributed by atoms with Crippen molar-refractivity contribution in [1.29, 1.82) is 0 Å². The van der Waals surface area contributed by atoms with Crippen LogP contribution in [0.25, 0.3) is 0 Å². The van der Waals surface area contributed by atoms with Crippen molar-refractivity contribution in [2.75, 3.05) is 6.61 Å². The zero-order valence-corrected chi connectivity index (χ0v) is 14.3. The molecule has 1 aromatic carbocycles. The predicted octanol–water partition coefficient (Wildman–Crippen LogP) is 2.59. The van der Waals surface area contributed by atoms with Crippen LogP contribution < -0.4 is 4.74 Å². The number of aliphatic hydroxyl groups excluding tert-OH is 2. The highest BCUT2D eigenvalue weighted by Gasteiger charge is 2.61. The lowest BCUT2D eigenvalue weighted by Gasteiger charge is -2.57. The van der Waals surface area contributed by atoms with Gasteiger partial charge in [0.1, 0.15) is 24.2 Å². The molecule has 4 heteroatoms. The highest BCUT2D eigenvalue weighted by molar-refractivity contribution is 5.93. The molecule has 130 valence electrons. The van der Waals surface area contributed by atoms with Gasteiger partial charge in [0, 0.05) is 17.3 Å². The van der Waals surface area contributed by atoms with E-state index >= 15 is 0 Å². The highest BCUT2D eigenvalue weighted by Crippen LogP contribution is 2.58. The minimum atomic E-state index is -0.739. The van der Waals surface area contributed by atoms with Crippen LogP contribution in [0.3, 0.4) is 0 Å². The molecule has 0 bridgehead atoms. The zero-order valence-electron chi connectivity index (χ0n) is 14.3. The van der Waals surface area contributed by atoms with E-state index in [1.165, 1.54) is 0 Å². The summed E-state index contributed by atoms with van der Waals surface area (Å²) in [7, 11) is 0. The van der Waals surface area contributed by atoms with Crippen LogP contribution in [-0.4, -0.2) is 34.8 Å². The van der Waals surface area contributed by atoms with E-state index < -0.39 is 12.2 Å². The standard InChI is InChI=1S/C20H26O4/c1-13-18-16(17(22)10-11-20(18,2)19(13)23)9-8-14(21)12-24-15-6-4-3-5-7-15/h3-9,13-14,16-18,21-22H,10-12H2,1-2H3/t13?,14-,16+,17-,18-,20+/m0/s1. The third-order valence-corrected chi connectivity index (χ3v) is 5.79. The number of aliphatic hydroxyl groups is 2. The van der Waals surface area contributed by atoms with Crippen LogP contribution >= 0.6 is 0 Å². The Kier molecular flexibility index (Phi) is 4.79. The molecule has 3 rings (SSSR count). The first-order valence-electron chi connectivity index (χ1n) is 8.70. The Morgan fingerprint density at radius 3 is 2.79 bits per heavy atom. The summed E-state index contributed by atoms with van der Waals surface area (Å²) < 4.78 is 5.54. The molecule has 0 heterocycles. The summed E-state index contributed by atoms with van der Waals surface area (Å²) in [4.78, 5) is 12.2. The van der Waals surface area contributed by atoms with E-state index in [-0.39, 0.29) is 29.8 Å². The molecule has 4 nitrogen and oxygen atoms in total. The molecule has 1 aromatic rings. The monoisotopic (exact) mass is 330 g/mol. The van der Waals surface area contributed by atoms with E-state index in [2.05, 4.69) is 0 Å². The maximum atomic E-state index is 12.2. The summed E-state index contributed by atoms with van der Waals surface area (Å²) in [6, 6.07) is 9.35. The Morgan fingerprint density at radius 1 is 1.38 bits per heavy atom. The first-order valence-corrected chi connectivity index (χ1v) is 8.70. The van der Waals surface area contributed by atoms with Gasteiger partial charge in [0.25, 0.3) is 0 Å². The van der Waals surface area contributed by atoms with E-state index in [1.807, 2.05) is 50.3 Å². The summed E-state index contributed by atoms with van der Waals surface area (Å²) in [6.07, 6.45) is 3.78. The highest BCUT2D eigenvalue weighted by atomic mass is 16.5. The summed E-state index contributed by atoms with van der Waals surface area (Å²) >= 11 is 0. The zero-order chi connectivity index (χ0) is 17.3. The van der Waals surface area contributed by atoms with E-state index in [9.17, 15) is 15.0 Å². The van der Waals surface area contributed by atoms with Crippen molar-refractivity contribution in [2.24, 2.45) is 23.2 Å². The average molecular weight is 330 g/mol. The van der Waals surface area contributed by atoms with Crippen molar-refractivity contribution in [3.05, 3.63) is 42.5 Å². The predicted molar refractivity (Wildman–Crippen MR) is 91.6 cm³/mol. The summed E-state index contributed by atoms with van der Waals surface area (Å²) in [5.74, 6) is 1.09. The quantitative estimate of drug-likeness (QED) is 0.815. The number of hydrogen-bond donors (Lipinski definition) is 2. The van der Waals surface area contributed by atoms with Crippen LogP contribution in [0, 0.1) is 23.2 Å². The Bertz CT molecular complexity index is 611. The van der Waals surface area contributed by atoms with E-state index in [0.717, 1.165) is 6.42 Å². The molecular weight excluding hydrogens is 304 g/mol. The Hall–Kier alpha value is -1.65. The van der Waals surface area contributed by atoms with E-state index in [0.29, 0.717) is 18.0 Å². The van der Waals surface area contributed by atoms with Crippen LogP contribution in [0.5, 0.6) is 5.75 Å². The van der Waals surface area contributed by atoms with Crippen LogP contribution in [0.15, 0.2) is 42.5 Å². The number of Topliss-reactive ketones (excluding diaryl/α,β-unsaturated/α-hetero) is 1. The summed E-state index contributed by atoms with van der Waals surface area (Å²) in [6.45, 7) is 4.13. The van der Waals surface area contributed by atoms with Crippen molar-refractivity contribution in [3.8, 4) is 5.75 Å². The number of rotatable bonds is 5. The summed E-state index contributed by atoms with van der Waals surface area (Å²) in [5.41, 5.74) is -0.306. The van der Waals surface area contributed by atoms with Gasteiger partial charge in [-0.15, -0.1) is 0 Å². The second-order valence-electron chi connectivity index (χ2n) is 7.36. The number of para-hydroxylation sites is 1. The van der Waals surface area contributed by atoms with Gasteiger partial charge in [0.15, 0.2) is 0 Å². The van der Waals surface area contributed by atoms with Gasteiger partial charge in [-0.3, -0.25) is 4.79 Å². The Labute approximate surface area is 143 Å². The van der Waals surface area contributed by atoms with Crippen LogP contribution in [0.1, 0.15) is 26.7 Å². The number of fused-ring (bicyclic) bond motifs is 1. The van der Waals surface area contributed by atoms with Gasteiger partial charge in [-0.2, -0.15) is 0 Å². The number of ketones is 1. The summed E-state index contributed by atoms with van der Waals surface area (Å²) in [5, 5.41) is 20.5. The lowest BCUT2D eigenvalue weighted by Crippen LogP contribution is -2.62. The molecule has 0 saturated heterocycles. The Balaban J connectivity index is 1.61. The fourth-order valence-corrected chi connectivity index (χ4v) is 4.49. The second-order valence-corrected chi connectivity index (χ2v) is 7.36. The third kappa shape index (κ3) is 3.01. The average Bonchev–Trinajstić information content (AvgIpc) is 2.60. The third-order valence-electron chi connectivity index (χ3n) is 5.79. The van der Waals surface area contributed by atoms with Gasteiger partial charge >= 0.3 is 0 Å². The molecule has 0 aromatic heterocycles. The molecular formula is C20H26O4. The lowest BCUT2D eigenvalue weighted by molar-refractivity contribution is -0.170. The Morgan fingerprint density at radius 2 is 2.08 bits per heavy atom. The van der Waals surface area contributed by atoms with Crippen molar-refractivity contribution in [1.82, 2.24) is 0 Å². The molecule has 24 heavy (non-hydrogen) atoms. The first-order chi connectivity index (χ1) is 11.4. The molecule has 2 saturated carbocycles. The SMILES string of the molecule is CC1C(=O)[C@]2(C)CC[C@H](O)[C@@H](C=C[C@H](O)COc3ccccc3)[C@H]12. The van der Waals surface area contributed by atoms with Crippen LogP contribution in [0.2, 0.25) is 0 Å². The number of carbonyl (C=O) groups is 1. The second kappa shape index (κ2) is 6.69. The molecule has 2 aliphatic rings. The van der Waals surface area contributed by atoms with Crippen molar-refractivity contribution < 1.29 is 19.7 Å². The van der Waals surface area contributed by atoms with E-state index in [1.54, 1.807) is 6.08 Å². The molecule has 0 radical (unpaired) electrons. The van der Waals surface area contributed by atoms with E-state index in [4.69, 9.17) is 4.74 Å². The topological polar surface area (TPSA) is 66.8 Å². The van der Waals surface area contributed by atoms with Gasteiger partial charge in [0.05, 0.1) is 6.10 Å². The number of ether oxygens (including phenoxy) is 1. The largest absolute Gasteiger partial charge is 0.491 e. The lowest BCUT2D eigenvalue weighted by atomic mass is 9.45. The molecule has 1 unspecified atom stereocenters. The van der Waals surface area contributed by atoms with Crippen molar-refractivity contribution >= 4 is 5.78 Å². The molecule has 0 aliphatic heterocycles. The smallest absolute Gasteiger partial charge is 0.142 e. The fourth-order valence-electron chi connectivity index (χ4n) is 4.49. The number of benzene rings is 1.